The van der Waals surface area contributed by atoms with Gasteiger partial charge < -0.3 is 9.64 Å². The van der Waals surface area contributed by atoms with Crippen molar-refractivity contribution in [3.8, 4) is 5.75 Å². The van der Waals surface area contributed by atoms with Gasteiger partial charge in [0.1, 0.15) is 5.75 Å². The monoisotopic (exact) mass is 287 g/mol. The fourth-order valence-electron chi connectivity index (χ4n) is 2.50. The SMILES string of the molecule is COc1ccc2c(c1)CCN2C(=O)c1ccccc1Cl. The Morgan fingerprint density at radius 3 is 2.80 bits per heavy atom. The fourth-order valence-corrected chi connectivity index (χ4v) is 2.71. The third-order valence-electron chi connectivity index (χ3n) is 3.53. The van der Waals surface area contributed by atoms with Crippen molar-refractivity contribution >= 4 is 23.2 Å². The van der Waals surface area contributed by atoms with E-state index < -0.39 is 0 Å². The molecule has 4 heteroatoms. The van der Waals surface area contributed by atoms with Gasteiger partial charge in [-0.25, -0.2) is 0 Å². The Morgan fingerprint density at radius 2 is 2.05 bits per heavy atom. The van der Waals surface area contributed by atoms with Crippen LogP contribution < -0.4 is 9.64 Å². The molecule has 0 fully saturated rings. The molecule has 102 valence electrons. The second-order valence-corrected chi connectivity index (χ2v) is 5.09. The molecule has 0 aromatic heterocycles. The van der Waals surface area contributed by atoms with Crippen molar-refractivity contribution in [3.63, 3.8) is 0 Å². The molecule has 1 aliphatic heterocycles. The molecule has 20 heavy (non-hydrogen) atoms. The predicted molar refractivity (Wildman–Crippen MR) is 79.8 cm³/mol. The molecule has 3 rings (SSSR count). The van der Waals surface area contributed by atoms with Crippen LogP contribution in [0.1, 0.15) is 15.9 Å². The Labute approximate surface area is 122 Å². The molecule has 1 amide bonds. The van der Waals surface area contributed by atoms with Gasteiger partial charge >= 0.3 is 0 Å². The number of carbonyl (C=O) groups excluding carboxylic acids is 1. The van der Waals surface area contributed by atoms with Crippen LogP contribution in [0.3, 0.4) is 0 Å². The molecule has 0 bridgehead atoms. The van der Waals surface area contributed by atoms with Gasteiger partial charge in [-0.05, 0) is 42.3 Å². The summed E-state index contributed by atoms with van der Waals surface area (Å²) in [7, 11) is 1.64. The first-order valence-electron chi connectivity index (χ1n) is 6.44. The fraction of sp³-hybridized carbons (Fsp3) is 0.188. The van der Waals surface area contributed by atoms with Gasteiger partial charge in [-0.15, -0.1) is 0 Å². The summed E-state index contributed by atoms with van der Waals surface area (Å²) in [6, 6.07) is 12.9. The van der Waals surface area contributed by atoms with Crippen molar-refractivity contribution in [2.45, 2.75) is 6.42 Å². The van der Waals surface area contributed by atoms with Crippen LogP contribution in [0.5, 0.6) is 5.75 Å². The zero-order valence-electron chi connectivity index (χ0n) is 11.1. The number of anilines is 1. The minimum Gasteiger partial charge on any atom is -0.497 e. The summed E-state index contributed by atoms with van der Waals surface area (Å²) in [6.07, 6.45) is 0.836. The normalized spacial score (nSPS) is 13.2. The van der Waals surface area contributed by atoms with Gasteiger partial charge in [-0.1, -0.05) is 23.7 Å². The maximum atomic E-state index is 12.6. The highest BCUT2D eigenvalue weighted by Crippen LogP contribution is 2.33. The highest BCUT2D eigenvalue weighted by atomic mass is 35.5. The Hall–Kier alpha value is -2.00. The first-order valence-corrected chi connectivity index (χ1v) is 6.82. The number of halogens is 1. The molecule has 1 heterocycles. The lowest BCUT2D eigenvalue weighted by Gasteiger charge is -2.18. The van der Waals surface area contributed by atoms with Gasteiger partial charge in [0, 0.05) is 12.2 Å². The van der Waals surface area contributed by atoms with Gasteiger partial charge in [0.05, 0.1) is 17.7 Å². The van der Waals surface area contributed by atoms with E-state index in [0.29, 0.717) is 17.1 Å². The number of benzene rings is 2. The molecular formula is C16H14ClNO2. The van der Waals surface area contributed by atoms with Crippen LogP contribution in [0, 0.1) is 0 Å². The summed E-state index contributed by atoms with van der Waals surface area (Å²) in [5.41, 5.74) is 2.61. The lowest BCUT2D eigenvalue weighted by atomic mass is 10.1. The van der Waals surface area contributed by atoms with Crippen LogP contribution in [0.4, 0.5) is 5.69 Å². The molecule has 2 aromatic rings. The number of nitrogens with zero attached hydrogens (tertiary/aromatic N) is 1. The van der Waals surface area contributed by atoms with Crippen molar-refractivity contribution in [2.24, 2.45) is 0 Å². The molecule has 0 unspecified atom stereocenters. The van der Waals surface area contributed by atoms with Gasteiger partial charge in [-0.2, -0.15) is 0 Å². The van der Waals surface area contributed by atoms with Crippen molar-refractivity contribution in [3.05, 3.63) is 58.6 Å². The topological polar surface area (TPSA) is 29.5 Å². The number of methoxy groups -OCH3 is 1. The molecular weight excluding hydrogens is 274 g/mol. The molecule has 0 spiro atoms. The average Bonchev–Trinajstić information content (AvgIpc) is 2.90. The van der Waals surface area contributed by atoms with Gasteiger partial charge in [-0.3, -0.25) is 4.79 Å². The van der Waals surface area contributed by atoms with Crippen molar-refractivity contribution in [1.82, 2.24) is 0 Å². The van der Waals surface area contributed by atoms with E-state index in [-0.39, 0.29) is 5.91 Å². The van der Waals surface area contributed by atoms with Crippen LogP contribution in [-0.2, 0) is 6.42 Å². The smallest absolute Gasteiger partial charge is 0.259 e. The number of ether oxygens (including phenoxy) is 1. The molecule has 0 saturated heterocycles. The van der Waals surface area contributed by atoms with Crippen molar-refractivity contribution < 1.29 is 9.53 Å². The minimum atomic E-state index is -0.0560. The molecule has 1 aliphatic rings. The van der Waals surface area contributed by atoms with E-state index in [9.17, 15) is 4.79 Å². The molecule has 0 saturated carbocycles. The van der Waals surface area contributed by atoms with Crippen LogP contribution in [0.25, 0.3) is 0 Å². The third-order valence-corrected chi connectivity index (χ3v) is 3.86. The second-order valence-electron chi connectivity index (χ2n) is 4.68. The molecule has 2 aromatic carbocycles. The lowest BCUT2D eigenvalue weighted by molar-refractivity contribution is 0.0989. The summed E-state index contributed by atoms with van der Waals surface area (Å²) >= 11 is 6.10. The van der Waals surface area contributed by atoms with E-state index in [4.69, 9.17) is 16.3 Å². The number of hydrogen-bond donors (Lipinski definition) is 0. The minimum absolute atomic E-state index is 0.0560. The largest absolute Gasteiger partial charge is 0.497 e. The first-order chi connectivity index (χ1) is 9.70. The number of fused-ring (bicyclic) bond motifs is 1. The summed E-state index contributed by atoms with van der Waals surface area (Å²) in [5.74, 6) is 0.760. The Morgan fingerprint density at radius 1 is 1.25 bits per heavy atom. The highest BCUT2D eigenvalue weighted by molar-refractivity contribution is 6.34. The Bertz CT molecular complexity index is 669. The number of carbonyl (C=O) groups is 1. The Balaban J connectivity index is 1.95. The van der Waals surface area contributed by atoms with Crippen LogP contribution in [-0.4, -0.2) is 19.6 Å². The van der Waals surface area contributed by atoms with Crippen molar-refractivity contribution in [2.75, 3.05) is 18.6 Å². The van der Waals surface area contributed by atoms with Gasteiger partial charge in [0.25, 0.3) is 5.91 Å². The van der Waals surface area contributed by atoms with E-state index in [1.165, 1.54) is 0 Å². The number of amides is 1. The average molecular weight is 288 g/mol. The van der Waals surface area contributed by atoms with E-state index in [1.54, 1.807) is 24.1 Å². The summed E-state index contributed by atoms with van der Waals surface area (Å²) in [4.78, 5) is 14.4. The van der Waals surface area contributed by atoms with Crippen LogP contribution >= 0.6 is 11.6 Å². The number of hydrogen-bond acceptors (Lipinski definition) is 2. The van der Waals surface area contributed by atoms with E-state index in [2.05, 4.69) is 0 Å². The maximum Gasteiger partial charge on any atom is 0.259 e. The third kappa shape index (κ3) is 2.14. The molecule has 0 atom stereocenters. The highest BCUT2D eigenvalue weighted by Gasteiger charge is 2.26. The Kier molecular flexibility index (Phi) is 3.36. The van der Waals surface area contributed by atoms with E-state index in [0.717, 1.165) is 23.4 Å². The van der Waals surface area contributed by atoms with Crippen molar-refractivity contribution in [1.29, 1.82) is 0 Å². The van der Waals surface area contributed by atoms with E-state index in [1.807, 2.05) is 30.3 Å². The summed E-state index contributed by atoms with van der Waals surface area (Å²) in [5, 5.41) is 0.486. The van der Waals surface area contributed by atoms with Gasteiger partial charge in [0.15, 0.2) is 0 Å². The zero-order valence-corrected chi connectivity index (χ0v) is 11.9. The lowest BCUT2D eigenvalue weighted by Crippen LogP contribution is -2.29. The number of rotatable bonds is 2. The second kappa shape index (κ2) is 5.17. The van der Waals surface area contributed by atoms with E-state index >= 15 is 0 Å². The summed E-state index contributed by atoms with van der Waals surface area (Å²) < 4.78 is 5.21. The quantitative estimate of drug-likeness (QED) is 0.845. The first kappa shape index (κ1) is 13.0. The molecule has 0 aliphatic carbocycles. The van der Waals surface area contributed by atoms with Crippen LogP contribution in [0.2, 0.25) is 5.02 Å². The molecule has 0 N–H and O–H groups in total. The van der Waals surface area contributed by atoms with Gasteiger partial charge in [0.2, 0.25) is 0 Å². The standard InChI is InChI=1S/C16H14ClNO2/c1-20-12-6-7-15-11(10-12)8-9-18(15)16(19)13-4-2-3-5-14(13)17/h2-7,10H,8-9H2,1H3. The maximum absolute atomic E-state index is 12.6. The zero-order chi connectivity index (χ0) is 14.1. The summed E-state index contributed by atoms with van der Waals surface area (Å²) in [6.45, 7) is 0.673. The van der Waals surface area contributed by atoms with Crippen LogP contribution in [0.15, 0.2) is 42.5 Å². The predicted octanol–water partition coefficient (Wildman–Crippen LogP) is 3.55. The molecule has 0 radical (unpaired) electrons. The molecule has 3 nitrogen and oxygen atoms in total.